The molecule has 1 saturated heterocycles. The number of nitrogens with zero attached hydrogens (tertiary/aromatic N) is 2. The summed E-state index contributed by atoms with van der Waals surface area (Å²) in [5.74, 6) is 0.756. The first kappa shape index (κ1) is 12.8. The lowest BCUT2D eigenvalue weighted by Crippen LogP contribution is -2.53. The summed E-state index contributed by atoms with van der Waals surface area (Å²) in [5.41, 5.74) is 5.82. The number of carbonyl (C=O) groups excluding carboxylic acids is 1. The van der Waals surface area contributed by atoms with Gasteiger partial charge in [0.25, 0.3) is 0 Å². The lowest BCUT2D eigenvalue weighted by molar-refractivity contribution is -0.134. The molecule has 0 bridgehead atoms. The van der Waals surface area contributed by atoms with Crippen molar-refractivity contribution in [1.29, 1.82) is 0 Å². The van der Waals surface area contributed by atoms with Crippen molar-refractivity contribution in [1.82, 2.24) is 9.80 Å². The van der Waals surface area contributed by atoms with E-state index in [1.54, 1.807) is 0 Å². The van der Waals surface area contributed by atoms with Crippen molar-refractivity contribution in [3.05, 3.63) is 0 Å². The lowest BCUT2D eigenvalue weighted by Gasteiger charge is -2.39. The molecule has 17 heavy (non-hydrogen) atoms. The second-order valence-electron chi connectivity index (χ2n) is 5.31. The van der Waals surface area contributed by atoms with E-state index in [-0.39, 0.29) is 0 Å². The average molecular weight is 239 g/mol. The zero-order valence-electron chi connectivity index (χ0n) is 10.9. The van der Waals surface area contributed by atoms with E-state index in [2.05, 4.69) is 11.8 Å². The van der Waals surface area contributed by atoms with Gasteiger partial charge in [-0.15, -0.1) is 0 Å². The van der Waals surface area contributed by atoms with Crippen molar-refractivity contribution in [2.75, 3.05) is 32.7 Å². The lowest BCUT2D eigenvalue weighted by atomic mass is 10.1. The van der Waals surface area contributed by atoms with Crippen LogP contribution in [0.1, 0.15) is 32.6 Å². The smallest absolute Gasteiger partial charge is 0.225 e. The van der Waals surface area contributed by atoms with Crippen LogP contribution in [0, 0.1) is 5.92 Å². The summed E-state index contributed by atoms with van der Waals surface area (Å²) in [7, 11) is 0. The zero-order valence-corrected chi connectivity index (χ0v) is 10.9. The van der Waals surface area contributed by atoms with Crippen LogP contribution in [0.25, 0.3) is 0 Å². The minimum atomic E-state index is 0.363. The van der Waals surface area contributed by atoms with Gasteiger partial charge < -0.3 is 10.6 Å². The average Bonchev–Trinajstić information content (AvgIpc) is 3.19. The first-order valence-electron chi connectivity index (χ1n) is 6.99. The van der Waals surface area contributed by atoms with Crippen LogP contribution in [0.3, 0.4) is 0 Å². The molecule has 2 fully saturated rings. The van der Waals surface area contributed by atoms with Gasteiger partial charge >= 0.3 is 0 Å². The second-order valence-corrected chi connectivity index (χ2v) is 5.31. The fourth-order valence-corrected chi connectivity index (χ4v) is 2.68. The molecule has 4 heteroatoms. The van der Waals surface area contributed by atoms with Gasteiger partial charge in [-0.05, 0) is 19.3 Å². The normalized spacial score (nSPS) is 23.8. The molecule has 0 aromatic rings. The minimum Gasteiger partial charge on any atom is -0.340 e. The predicted molar refractivity (Wildman–Crippen MR) is 68.6 cm³/mol. The van der Waals surface area contributed by atoms with E-state index in [4.69, 9.17) is 5.73 Å². The molecule has 1 heterocycles. The Morgan fingerprint density at radius 3 is 2.41 bits per heavy atom. The van der Waals surface area contributed by atoms with Gasteiger partial charge in [-0.25, -0.2) is 0 Å². The van der Waals surface area contributed by atoms with Gasteiger partial charge in [0.1, 0.15) is 0 Å². The van der Waals surface area contributed by atoms with Crippen molar-refractivity contribution in [3.63, 3.8) is 0 Å². The first-order valence-corrected chi connectivity index (χ1v) is 6.99. The molecule has 98 valence electrons. The molecular weight excluding hydrogens is 214 g/mol. The highest BCUT2D eigenvalue weighted by Gasteiger charge is 2.35. The fraction of sp³-hybridized carbons (Fsp3) is 0.923. The predicted octanol–water partition coefficient (Wildman–Crippen LogP) is 0.668. The maximum absolute atomic E-state index is 11.9. The molecule has 1 aliphatic heterocycles. The number of nitrogens with two attached hydrogens (primary N) is 1. The van der Waals surface area contributed by atoms with Crippen molar-refractivity contribution in [2.45, 2.75) is 38.6 Å². The number of hydrogen-bond donors (Lipinski definition) is 1. The Bertz CT molecular complexity index is 257. The third-order valence-corrected chi connectivity index (χ3v) is 3.96. The van der Waals surface area contributed by atoms with E-state index < -0.39 is 0 Å². The van der Waals surface area contributed by atoms with Gasteiger partial charge in [-0.3, -0.25) is 9.69 Å². The quantitative estimate of drug-likeness (QED) is 0.767. The maximum atomic E-state index is 11.9. The van der Waals surface area contributed by atoms with Gasteiger partial charge in [0, 0.05) is 44.7 Å². The first-order chi connectivity index (χ1) is 8.26. The Hall–Kier alpha value is -0.610. The molecule has 2 aliphatic rings. The Labute approximate surface area is 104 Å². The molecule has 4 nitrogen and oxygen atoms in total. The summed E-state index contributed by atoms with van der Waals surface area (Å²) in [6, 6.07) is 0.512. The van der Waals surface area contributed by atoms with Crippen LogP contribution in [0.2, 0.25) is 0 Å². The zero-order chi connectivity index (χ0) is 12.3. The fourth-order valence-electron chi connectivity index (χ4n) is 2.68. The maximum Gasteiger partial charge on any atom is 0.225 e. The molecule has 1 amide bonds. The third kappa shape index (κ3) is 3.19. The van der Waals surface area contributed by atoms with Gasteiger partial charge in [0.15, 0.2) is 0 Å². The molecule has 2 rings (SSSR count). The van der Waals surface area contributed by atoms with Crippen molar-refractivity contribution in [2.24, 2.45) is 11.7 Å². The highest BCUT2D eigenvalue weighted by Crippen LogP contribution is 2.31. The Morgan fingerprint density at radius 1 is 1.29 bits per heavy atom. The van der Waals surface area contributed by atoms with Gasteiger partial charge in [-0.1, -0.05) is 13.3 Å². The second kappa shape index (κ2) is 5.83. The van der Waals surface area contributed by atoms with E-state index in [1.165, 1.54) is 12.8 Å². The molecule has 1 aliphatic carbocycles. The van der Waals surface area contributed by atoms with Crippen LogP contribution in [0.15, 0.2) is 0 Å². The van der Waals surface area contributed by atoms with E-state index >= 15 is 0 Å². The molecule has 2 N–H and O–H groups in total. The molecule has 1 atom stereocenters. The highest BCUT2D eigenvalue weighted by molar-refractivity contribution is 5.81. The number of piperazine rings is 1. The van der Waals surface area contributed by atoms with Gasteiger partial charge in [0.2, 0.25) is 5.91 Å². The number of rotatable bonds is 5. The third-order valence-electron chi connectivity index (χ3n) is 3.96. The van der Waals surface area contributed by atoms with E-state index in [1.807, 2.05) is 4.90 Å². The Kier molecular flexibility index (Phi) is 4.40. The Balaban J connectivity index is 1.78. The number of amides is 1. The molecule has 0 spiro atoms. The summed E-state index contributed by atoms with van der Waals surface area (Å²) < 4.78 is 0. The molecule has 0 aromatic carbocycles. The molecule has 1 saturated carbocycles. The summed E-state index contributed by atoms with van der Waals surface area (Å²) in [4.78, 5) is 16.4. The minimum absolute atomic E-state index is 0.363. The van der Waals surface area contributed by atoms with Crippen LogP contribution in [-0.2, 0) is 4.79 Å². The van der Waals surface area contributed by atoms with Crippen LogP contribution >= 0.6 is 0 Å². The number of hydrogen-bond acceptors (Lipinski definition) is 3. The summed E-state index contributed by atoms with van der Waals surface area (Å²) >= 11 is 0. The van der Waals surface area contributed by atoms with Crippen LogP contribution in [0.5, 0.6) is 0 Å². The van der Waals surface area contributed by atoms with Crippen molar-refractivity contribution < 1.29 is 4.79 Å². The van der Waals surface area contributed by atoms with E-state index in [0.717, 1.165) is 45.6 Å². The largest absolute Gasteiger partial charge is 0.340 e. The summed E-state index contributed by atoms with van der Waals surface area (Å²) in [6.07, 6.45) is 4.58. The molecule has 1 unspecified atom stereocenters. The SMILES string of the molecule is CCCC(CN)N1CCN(C(=O)C2CC2)CC1. The topological polar surface area (TPSA) is 49.6 Å². The molecule has 0 aromatic heterocycles. The van der Waals surface area contributed by atoms with Gasteiger partial charge in [-0.2, -0.15) is 0 Å². The van der Waals surface area contributed by atoms with Crippen molar-refractivity contribution in [3.8, 4) is 0 Å². The molecular formula is C13H25N3O. The highest BCUT2D eigenvalue weighted by atomic mass is 16.2. The van der Waals surface area contributed by atoms with Crippen LogP contribution in [-0.4, -0.2) is 54.5 Å². The van der Waals surface area contributed by atoms with Gasteiger partial charge in [0.05, 0.1) is 0 Å². The summed E-state index contributed by atoms with van der Waals surface area (Å²) in [6.45, 7) is 6.74. The van der Waals surface area contributed by atoms with E-state index in [9.17, 15) is 4.79 Å². The van der Waals surface area contributed by atoms with Crippen LogP contribution in [0.4, 0.5) is 0 Å². The van der Waals surface area contributed by atoms with Crippen LogP contribution < -0.4 is 5.73 Å². The number of carbonyl (C=O) groups is 1. The standard InChI is InChI=1S/C13H25N3O/c1-2-3-12(10-14)15-6-8-16(9-7-15)13(17)11-4-5-11/h11-12H,2-10,14H2,1H3. The summed E-state index contributed by atoms with van der Waals surface area (Å²) in [5, 5.41) is 0. The van der Waals surface area contributed by atoms with E-state index in [0.29, 0.717) is 17.9 Å². The van der Waals surface area contributed by atoms with Crippen molar-refractivity contribution >= 4 is 5.91 Å². The molecule has 0 radical (unpaired) electrons. The monoisotopic (exact) mass is 239 g/mol. The Morgan fingerprint density at radius 2 is 1.94 bits per heavy atom.